The van der Waals surface area contributed by atoms with Crippen LogP contribution in [0.3, 0.4) is 0 Å². The summed E-state index contributed by atoms with van der Waals surface area (Å²) in [5, 5.41) is 10.6. The fourth-order valence-corrected chi connectivity index (χ4v) is 7.01. The molecule has 3 N–H and O–H groups in total. The Balaban J connectivity index is 0.000000312. The zero-order chi connectivity index (χ0) is 29.3. The fourth-order valence-electron chi connectivity index (χ4n) is 4.46. The van der Waals surface area contributed by atoms with Gasteiger partial charge < -0.3 is 25.2 Å². The lowest BCUT2D eigenvalue weighted by Gasteiger charge is -2.36. The van der Waals surface area contributed by atoms with E-state index in [1.54, 1.807) is 56.4 Å². The highest BCUT2D eigenvalue weighted by Crippen LogP contribution is 2.40. The van der Waals surface area contributed by atoms with Crippen molar-refractivity contribution in [1.29, 1.82) is 0 Å². The van der Waals surface area contributed by atoms with Gasteiger partial charge in [-0.25, -0.2) is 17.8 Å². The zero-order valence-electron chi connectivity index (χ0n) is 23.0. The summed E-state index contributed by atoms with van der Waals surface area (Å²) in [6.07, 6.45) is 5.73. The second-order valence-electron chi connectivity index (χ2n) is 9.66. The number of sulfonamides is 1. The van der Waals surface area contributed by atoms with Crippen molar-refractivity contribution in [2.24, 2.45) is 10.1 Å². The molecule has 4 rings (SSSR count). The minimum absolute atomic E-state index is 0.0888. The number of aromatic nitrogens is 1. The van der Waals surface area contributed by atoms with Gasteiger partial charge in [-0.05, 0) is 44.7 Å². The lowest BCUT2D eigenvalue weighted by molar-refractivity contribution is 0.0827. The van der Waals surface area contributed by atoms with Crippen LogP contribution in [0.4, 0.5) is 9.52 Å². The summed E-state index contributed by atoms with van der Waals surface area (Å²) in [6.45, 7) is 11.7. The summed E-state index contributed by atoms with van der Waals surface area (Å²) in [6, 6.07) is 7.00. The van der Waals surface area contributed by atoms with E-state index in [2.05, 4.69) is 15.9 Å². The molecule has 2 aliphatic rings. The average Bonchev–Trinajstić information content (AvgIpc) is 3.41. The molecule has 218 valence electrons. The Kier molecular flexibility index (Phi) is 11.0. The van der Waals surface area contributed by atoms with E-state index in [-0.39, 0.29) is 18.5 Å². The second-order valence-corrected chi connectivity index (χ2v) is 12.2. The highest BCUT2D eigenvalue weighted by atomic mass is 32.2. The van der Waals surface area contributed by atoms with Crippen LogP contribution < -0.4 is 10.6 Å². The molecule has 0 amide bonds. The Labute approximate surface area is 239 Å². The number of hydrogen-bond acceptors (Lipinski definition) is 9. The maximum Gasteiger partial charge on any atom is 0.298 e. The monoisotopic (exact) mass is 592 g/mol. The molecule has 9 nitrogen and oxygen atoms in total. The van der Waals surface area contributed by atoms with Crippen LogP contribution in [0.15, 0.2) is 70.3 Å². The summed E-state index contributed by atoms with van der Waals surface area (Å²) >= 11 is 1.59. The van der Waals surface area contributed by atoms with Crippen molar-refractivity contribution >= 4 is 32.5 Å². The number of aliphatic hydroxyl groups is 1. The minimum Gasteiger partial charge on any atom is -0.457 e. The number of halogens is 1. The topological polar surface area (TPSA) is 127 Å². The van der Waals surface area contributed by atoms with Gasteiger partial charge in [-0.15, -0.1) is 15.7 Å². The molecule has 0 spiro atoms. The molecule has 0 aliphatic carbocycles. The second kappa shape index (κ2) is 14.0. The third-order valence-electron chi connectivity index (χ3n) is 6.28. The van der Waals surface area contributed by atoms with Crippen LogP contribution in [0, 0.1) is 0 Å². The Hall–Kier alpha value is -3.06. The smallest absolute Gasteiger partial charge is 0.298 e. The summed E-state index contributed by atoms with van der Waals surface area (Å²) in [4.78, 5) is 6.93. The van der Waals surface area contributed by atoms with Crippen molar-refractivity contribution in [3.05, 3.63) is 71.4 Å². The predicted octanol–water partition coefficient (Wildman–Crippen LogP) is 4.89. The number of rotatable bonds is 8. The first kappa shape index (κ1) is 31.5. The number of aliphatic hydroxyl groups excluding tert-OH is 1. The maximum atomic E-state index is 13.0. The largest absolute Gasteiger partial charge is 0.457 e. The van der Waals surface area contributed by atoms with Gasteiger partial charge >= 0.3 is 0 Å². The Morgan fingerprint density at radius 2 is 1.98 bits per heavy atom. The van der Waals surface area contributed by atoms with Gasteiger partial charge in [-0.2, -0.15) is 0 Å². The van der Waals surface area contributed by atoms with E-state index in [0.29, 0.717) is 37.2 Å². The lowest BCUT2D eigenvalue weighted by atomic mass is 9.96. The average molecular weight is 593 g/mol. The van der Waals surface area contributed by atoms with Crippen molar-refractivity contribution in [2.75, 3.05) is 37.8 Å². The molecule has 1 aromatic heterocycles. The maximum absolute atomic E-state index is 13.0. The number of anilines is 1. The van der Waals surface area contributed by atoms with Gasteiger partial charge in [0.25, 0.3) is 16.0 Å². The first-order valence-corrected chi connectivity index (χ1v) is 15.3. The molecule has 2 aliphatic heterocycles. The van der Waals surface area contributed by atoms with E-state index >= 15 is 0 Å². The number of hydrogen-bond donors (Lipinski definition) is 2. The van der Waals surface area contributed by atoms with E-state index in [9.17, 15) is 12.8 Å². The van der Waals surface area contributed by atoms with Gasteiger partial charge in [-0.3, -0.25) is 0 Å². The van der Waals surface area contributed by atoms with Crippen molar-refractivity contribution < 1.29 is 27.4 Å². The highest BCUT2D eigenvalue weighted by Gasteiger charge is 2.46. The van der Waals surface area contributed by atoms with Crippen LogP contribution in [0.25, 0.3) is 11.3 Å². The van der Waals surface area contributed by atoms with Crippen LogP contribution in [0.2, 0.25) is 0 Å². The van der Waals surface area contributed by atoms with E-state index < -0.39 is 20.9 Å². The third kappa shape index (κ3) is 8.00. The number of allylic oxidation sites excluding steroid dienone is 5. The molecule has 1 atom stereocenters. The Bertz CT molecular complexity index is 1340. The Morgan fingerprint density at radius 3 is 2.55 bits per heavy atom. The highest BCUT2D eigenvalue weighted by molar-refractivity contribution is 7.90. The molecular formula is C28H37FN4O5S2. The van der Waals surface area contributed by atoms with Crippen LogP contribution in [-0.4, -0.2) is 63.0 Å². The number of morpholine rings is 1. The number of thiazole rings is 1. The molecule has 3 heterocycles. The fraction of sp³-hybridized carbons (Fsp3) is 0.429. The molecule has 1 aromatic carbocycles. The number of nitrogens with two attached hydrogens (primary N) is 1. The molecule has 1 saturated heterocycles. The number of nitrogens with zero attached hydrogens (tertiary/aromatic N) is 3. The van der Waals surface area contributed by atoms with Gasteiger partial charge in [0.1, 0.15) is 16.7 Å². The molecule has 40 heavy (non-hydrogen) atoms. The summed E-state index contributed by atoms with van der Waals surface area (Å²) < 4.78 is 52.5. The van der Waals surface area contributed by atoms with Crippen LogP contribution in [0.5, 0.6) is 0 Å². The zero-order valence-corrected chi connectivity index (χ0v) is 24.7. The third-order valence-corrected chi connectivity index (χ3v) is 9.05. The van der Waals surface area contributed by atoms with E-state index in [1.807, 2.05) is 17.5 Å². The quantitative estimate of drug-likeness (QED) is 0.415. The van der Waals surface area contributed by atoms with E-state index in [1.165, 1.54) is 6.08 Å². The van der Waals surface area contributed by atoms with E-state index in [0.717, 1.165) is 29.5 Å². The molecule has 0 saturated carbocycles. The Morgan fingerprint density at radius 1 is 1.30 bits per heavy atom. The first-order valence-electron chi connectivity index (χ1n) is 12.9. The summed E-state index contributed by atoms with van der Waals surface area (Å²) in [5.74, 6) is -0.233. The summed E-state index contributed by atoms with van der Waals surface area (Å²) in [7, 11) is -3.82. The first-order chi connectivity index (χ1) is 19.0. The standard InChI is InChI=1S/C18H22N4O4S2.C10H15FO/c1-18(2)15(28(23,24)21-16(19)26-18)13-5-3-12(4-6-13)14-11-27-17(20-14)22-7-9-25-10-8-22;1-3-6-9(7-5-8-12)10(11)4-2/h3-6,11,15H,7-10H2,1-2H3,(H2,19,21);3-4,6,12H,1,5,7-8H2,2H3/b;9-6-,10-4+. The summed E-state index contributed by atoms with van der Waals surface area (Å²) in [5.41, 5.74) is 7.49. The number of ether oxygens (including phenoxy) is 2. The van der Waals surface area contributed by atoms with Crippen LogP contribution in [0.1, 0.15) is 44.4 Å². The molecule has 1 unspecified atom stereocenters. The number of benzene rings is 1. The molecule has 0 radical (unpaired) electrons. The number of amidine groups is 1. The van der Waals surface area contributed by atoms with Crippen molar-refractivity contribution in [3.8, 4) is 11.3 Å². The van der Waals surface area contributed by atoms with Gasteiger partial charge in [0, 0.05) is 30.6 Å². The normalized spacial score (nSPS) is 20.6. The van der Waals surface area contributed by atoms with Crippen molar-refractivity contribution in [2.45, 2.75) is 44.5 Å². The molecule has 12 heteroatoms. The molecule has 2 aromatic rings. The molecule has 1 fully saturated rings. The molecule has 0 bridgehead atoms. The van der Waals surface area contributed by atoms with E-state index in [4.69, 9.17) is 25.3 Å². The van der Waals surface area contributed by atoms with Crippen LogP contribution in [-0.2, 0) is 19.5 Å². The van der Waals surface area contributed by atoms with Crippen LogP contribution >= 0.6 is 11.3 Å². The van der Waals surface area contributed by atoms with Gasteiger partial charge in [0.2, 0.25) is 0 Å². The van der Waals surface area contributed by atoms with Crippen molar-refractivity contribution in [3.63, 3.8) is 0 Å². The SMILES string of the molecule is C=C/C=C(CCCO)\C(F)=C/C.CC1(C)OC(N)=NS(=O)(=O)C1c1ccc(-c2csc(N3CCOCC3)n2)cc1. The predicted molar refractivity (Wildman–Crippen MR) is 158 cm³/mol. The van der Waals surface area contributed by atoms with Gasteiger partial charge in [-0.1, -0.05) is 49.1 Å². The van der Waals surface area contributed by atoms with Gasteiger partial charge in [0.15, 0.2) is 5.13 Å². The van der Waals surface area contributed by atoms with Crippen molar-refractivity contribution in [1.82, 2.24) is 4.98 Å². The minimum atomic E-state index is -3.82. The lowest BCUT2D eigenvalue weighted by Crippen LogP contribution is -2.45. The van der Waals surface area contributed by atoms with Gasteiger partial charge in [0.05, 0.1) is 18.9 Å². The molecular weight excluding hydrogens is 555 g/mol.